The highest BCUT2D eigenvalue weighted by molar-refractivity contribution is 5.50. The Kier molecular flexibility index (Phi) is 5.58. The minimum absolute atomic E-state index is 0.0151. The number of nitrogens with zero attached hydrogens (tertiary/aromatic N) is 4. The number of hydrogen-bond acceptors (Lipinski definition) is 7. The van der Waals surface area contributed by atoms with Gasteiger partial charge < -0.3 is 19.9 Å². The first-order valence-electron chi connectivity index (χ1n) is 10.9. The maximum absolute atomic E-state index is 13.6. The first kappa shape index (κ1) is 22.8. The van der Waals surface area contributed by atoms with Gasteiger partial charge >= 0.3 is 6.18 Å². The molecular weight excluding hydrogens is 451 g/mol. The second-order valence-corrected chi connectivity index (χ2v) is 8.76. The molecule has 5 rings (SSSR count). The monoisotopic (exact) mass is 475 g/mol. The van der Waals surface area contributed by atoms with Crippen LogP contribution in [0.5, 0.6) is 5.75 Å². The van der Waals surface area contributed by atoms with Gasteiger partial charge in [0, 0.05) is 12.0 Å². The van der Waals surface area contributed by atoms with Crippen LogP contribution in [0, 0.1) is 0 Å². The Labute approximate surface area is 193 Å². The van der Waals surface area contributed by atoms with E-state index in [1.54, 1.807) is 0 Å². The molecule has 0 radical (unpaired) electrons. The standard InChI is InChI=1S/C23H24F3N5O3/c1-33-16-8-9-18(31-20(23(24,25)26)28-29-30-31)17(12-16)21(32)13-22(34-14-21)10-5-11-27-19(22)15-6-3-2-4-7-15/h2-4,6-9,12,19,27,32H,5,10-11,13-14H2,1H3/t19-,21?,22+/m0/s1. The van der Waals surface area contributed by atoms with Crippen LogP contribution >= 0.6 is 0 Å². The van der Waals surface area contributed by atoms with Crippen molar-refractivity contribution in [2.24, 2.45) is 0 Å². The largest absolute Gasteiger partial charge is 0.497 e. The van der Waals surface area contributed by atoms with E-state index in [1.165, 1.54) is 25.3 Å². The lowest BCUT2D eigenvalue weighted by Crippen LogP contribution is -2.49. The summed E-state index contributed by atoms with van der Waals surface area (Å²) in [5, 5.41) is 25.3. The van der Waals surface area contributed by atoms with Crippen molar-refractivity contribution in [3.8, 4) is 11.4 Å². The molecule has 180 valence electrons. The fraction of sp³-hybridized carbons (Fsp3) is 0.435. The lowest BCUT2D eigenvalue weighted by atomic mass is 9.75. The van der Waals surface area contributed by atoms with Crippen molar-refractivity contribution in [1.29, 1.82) is 0 Å². The summed E-state index contributed by atoms with van der Waals surface area (Å²) >= 11 is 0. The van der Waals surface area contributed by atoms with Crippen molar-refractivity contribution in [3.63, 3.8) is 0 Å². The molecule has 3 aromatic rings. The highest BCUT2D eigenvalue weighted by Crippen LogP contribution is 2.51. The summed E-state index contributed by atoms with van der Waals surface area (Å²) in [6.45, 7) is 0.703. The number of rotatable bonds is 4. The topological polar surface area (TPSA) is 94.3 Å². The average Bonchev–Trinajstić information content (AvgIpc) is 3.46. The molecule has 0 bridgehead atoms. The summed E-state index contributed by atoms with van der Waals surface area (Å²) in [4.78, 5) is 0. The maximum atomic E-state index is 13.6. The second kappa shape index (κ2) is 8.33. The fourth-order valence-electron chi connectivity index (χ4n) is 5.14. The Morgan fingerprint density at radius 3 is 2.74 bits per heavy atom. The lowest BCUT2D eigenvalue weighted by molar-refractivity contribution is -0.146. The molecule has 2 aliphatic rings. The Morgan fingerprint density at radius 2 is 2.00 bits per heavy atom. The number of aromatic nitrogens is 4. The van der Waals surface area contributed by atoms with Crippen molar-refractivity contribution >= 4 is 0 Å². The molecule has 0 aliphatic carbocycles. The molecule has 34 heavy (non-hydrogen) atoms. The van der Waals surface area contributed by atoms with Crippen molar-refractivity contribution in [3.05, 3.63) is 65.5 Å². The predicted molar refractivity (Wildman–Crippen MR) is 114 cm³/mol. The number of hydrogen-bond donors (Lipinski definition) is 2. The molecule has 2 saturated heterocycles. The van der Waals surface area contributed by atoms with Gasteiger partial charge in [-0.1, -0.05) is 30.3 Å². The van der Waals surface area contributed by atoms with Crippen molar-refractivity contribution < 1.29 is 27.8 Å². The van der Waals surface area contributed by atoms with E-state index in [-0.39, 0.29) is 30.3 Å². The van der Waals surface area contributed by atoms with Gasteiger partial charge in [0.15, 0.2) is 0 Å². The maximum Gasteiger partial charge on any atom is 0.453 e. The van der Waals surface area contributed by atoms with Crippen LogP contribution in [0.15, 0.2) is 48.5 Å². The number of halogens is 3. The van der Waals surface area contributed by atoms with Crippen molar-refractivity contribution in [2.45, 2.75) is 42.7 Å². The van der Waals surface area contributed by atoms with E-state index in [0.717, 1.165) is 18.5 Å². The van der Waals surface area contributed by atoms with E-state index in [2.05, 4.69) is 20.8 Å². The number of ether oxygens (including phenoxy) is 2. The van der Waals surface area contributed by atoms with E-state index in [0.29, 0.717) is 16.9 Å². The number of methoxy groups -OCH3 is 1. The summed E-state index contributed by atoms with van der Waals surface area (Å²) in [6, 6.07) is 14.1. The summed E-state index contributed by atoms with van der Waals surface area (Å²) < 4.78 is 52.9. The minimum atomic E-state index is -4.78. The van der Waals surface area contributed by atoms with Crippen LogP contribution in [-0.2, 0) is 16.5 Å². The molecule has 2 N–H and O–H groups in total. The molecule has 1 unspecified atom stereocenters. The third kappa shape index (κ3) is 3.83. The Hall–Kier alpha value is -3.02. The van der Waals surface area contributed by atoms with Crippen LogP contribution in [0.25, 0.3) is 5.69 Å². The second-order valence-electron chi connectivity index (χ2n) is 8.76. The van der Waals surface area contributed by atoms with Crippen molar-refractivity contribution in [1.82, 2.24) is 25.5 Å². The average molecular weight is 475 g/mol. The lowest BCUT2D eigenvalue weighted by Gasteiger charge is -2.42. The molecule has 3 atom stereocenters. The van der Waals surface area contributed by atoms with Gasteiger partial charge in [0.05, 0.1) is 31.0 Å². The SMILES string of the molecule is COc1ccc(-n2nnnc2C(F)(F)F)c(C2(O)CO[C@]3(CCCN[C@H]3c3ccccc3)C2)c1. The number of piperidine rings is 1. The van der Waals surface area contributed by atoms with Crippen LogP contribution in [0.2, 0.25) is 0 Å². The Morgan fingerprint density at radius 1 is 1.21 bits per heavy atom. The Balaban J connectivity index is 1.59. The first-order chi connectivity index (χ1) is 16.3. The van der Waals surface area contributed by atoms with E-state index in [9.17, 15) is 18.3 Å². The smallest absolute Gasteiger partial charge is 0.453 e. The van der Waals surface area contributed by atoms with Gasteiger partial charge in [0.25, 0.3) is 5.82 Å². The fourth-order valence-corrected chi connectivity index (χ4v) is 5.14. The van der Waals surface area contributed by atoms with Gasteiger partial charge in [-0.3, -0.25) is 0 Å². The van der Waals surface area contributed by atoms with E-state index in [1.807, 2.05) is 30.3 Å². The van der Waals surface area contributed by atoms with E-state index >= 15 is 0 Å². The van der Waals surface area contributed by atoms with E-state index in [4.69, 9.17) is 9.47 Å². The molecule has 3 heterocycles. The van der Waals surface area contributed by atoms with Crippen LogP contribution < -0.4 is 10.1 Å². The van der Waals surface area contributed by atoms with Gasteiger partial charge in [-0.15, -0.1) is 5.10 Å². The summed E-state index contributed by atoms with van der Waals surface area (Å²) in [7, 11) is 1.45. The molecule has 1 spiro atoms. The zero-order valence-corrected chi connectivity index (χ0v) is 18.4. The zero-order valence-electron chi connectivity index (χ0n) is 18.4. The zero-order chi connectivity index (χ0) is 24.0. The molecule has 8 nitrogen and oxygen atoms in total. The third-order valence-electron chi connectivity index (χ3n) is 6.63. The van der Waals surface area contributed by atoms with Crippen LogP contribution in [0.1, 0.15) is 42.3 Å². The minimum Gasteiger partial charge on any atom is -0.497 e. The van der Waals surface area contributed by atoms with Crippen LogP contribution in [0.4, 0.5) is 13.2 Å². The van der Waals surface area contributed by atoms with Crippen LogP contribution in [0.3, 0.4) is 0 Å². The molecule has 2 fully saturated rings. The number of aliphatic hydroxyl groups is 1. The summed E-state index contributed by atoms with van der Waals surface area (Å²) in [5.74, 6) is -0.895. The normalized spacial score (nSPS) is 27.3. The van der Waals surface area contributed by atoms with Gasteiger partial charge in [-0.2, -0.15) is 17.9 Å². The number of tetrazole rings is 1. The van der Waals surface area contributed by atoms with Crippen LogP contribution in [-0.4, -0.2) is 51.2 Å². The quantitative estimate of drug-likeness (QED) is 0.599. The molecule has 2 aliphatic heterocycles. The highest BCUT2D eigenvalue weighted by Gasteiger charge is 2.55. The predicted octanol–water partition coefficient (Wildman–Crippen LogP) is 3.16. The van der Waals surface area contributed by atoms with Gasteiger partial charge in [0.2, 0.25) is 0 Å². The first-order valence-corrected chi connectivity index (χ1v) is 10.9. The number of benzene rings is 2. The van der Waals surface area contributed by atoms with Gasteiger partial charge in [0.1, 0.15) is 11.4 Å². The molecule has 2 aromatic carbocycles. The number of nitrogens with one attached hydrogen (secondary N) is 1. The third-order valence-corrected chi connectivity index (χ3v) is 6.63. The Bertz CT molecular complexity index is 1170. The number of alkyl halides is 3. The van der Waals surface area contributed by atoms with Gasteiger partial charge in [-0.25, -0.2) is 0 Å². The van der Waals surface area contributed by atoms with Gasteiger partial charge in [-0.05, 0) is 53.6 Å². The van der Waals surface area contributed by atoms with Crippen molar-refractivity contribution in [2.75, 3.05) is 20.3 Å². The molecule has 11 heteroatoms. The summed E-state index contributed by atoms with van der Waals surface area (Å²) in [5.41, 5.74) is -1.08. The highest BCUT2D eigenvalue weighted by atomic mass is 19.4. The van der Waals surface area contributed by atoms with E-state index < -0.39 is 23.2 Å². The molecule has 0 saturated carbocycles. The molecular formula is C23H24F3N5O3. The molecule has 1 aromatic heterocycles. The summed E-state index contributed by atoms with van der Waals surface area (Å²) in [6.07, 6.45) is -3.06. The molecule has 0 amide bonds.